The third kappa shape index (κ3) is 7.99. The Morgan fingerprint density at radius 1 is 1.23 bits per heavy atom. The van der Waals surface area contributed by atoms with E-state index in [4.69, 9.17) is 0 Å². The molecule has 0 saturated carbocycles. The maximum Gasteiger partial charge on any atom is 0.256 e. The van der Waals surface area contributed by atoms with Crippen molar-refractivity contribution < 1.29 is 23.9 Å². The van der Waals surface area contributed by atoms with Crippen LogP contribution >= 0.6 is 7.37 Å². The van der Waals surface area contributed by atoms with E-state index >= 15 is 0 Å². The first-order chi connectivity index (χ1) is 6.12. The fourth-order valence-electron chi connectivity index (χ4n) is 0.425. The molecule has 6 heteroatoms. The second-order valence-corrected chi connectivity index (χ2v) is 4.44. The van der Waals surface area contributed by atoms with Gasteiger partial charge in [-0.1, -0.05) is 0 Å². The van der Waals surface area contributed by atoms with Crippen molar-refractivity contribution in [3.8, 4) is 0 Å². The molecular weight excluding hydrogens is 195 g/mol. The van der Waals surface area contributed by atoms with Crippen molar-refractivity contribution in [2.45, 2.75) is 13.8 Å². The van der Waals surface area contributed by atoms with Crippen LogP contribution in [0.2, 0.25) is 0 Å². The Morgan fingerprint density at radius 2 is 1.85 bits per heavy atom. The quantitative estimate of drug-likeness (QED) is 0.212. The molecule has 0 aromatic carbocycles. The van der Waals surface area contributed by atoms with E-state index in [2.05, 4.69) is 19.3 Å². The zero-order chi connectivity index (χ0) is 10.2. The fourth-order valence-corrected chi connectivity index (χ4v) is 1.06. The van der Waals surface area contributed by atoms with Gasteiger partial charge >= 0.3 is 0 Å². The van der Waals surface area contributed by atoms with Crippen LogP contribution in [0.4, 0.5) is 0 Å². The molecule has 0 heterocycles. The summed E-state index contributed by atoms with van der Waals surface area (Å²) in [6, 6.07) is 0. The largest absolute Gasteiger partial charge is 0.345 e. The minimum absolute atomic E-state index is 0.345. The summed E-state index contributed by atoms with van der Waals surface area (Å²) in [5, 5.41) is 0. The Hall–Kier alpha value is -0.350. The van der Waals surface area contributed by atoms with Crippen molar-refractivity contribution in [1.29, 1.82) is 0 Å². The molecule has 0 aromatic rings. The highest BCUT2D eigenvalue weighted by molar-refractivity contribution is 7.61. The van der Waals surface area contributed by atoms with E-state index < -0.39 is 7.37 Å². The molecule has 0 aliphatic rings. The zero-order valence-corrected chi connectivity index (χ0v) is 8.95. The van der Waals surface area contributed by atoms with Gasteiger partial charge in [-0.3, -0.25) is 4.57 Å². The highest BCUT2D eigenvalue weighted by Gasteiger charge is 2.12. The third-order valence-corrected chi connectivity index (χ3v) is 1.96. The molecule has 0 amide bonds. The lowest BCUT2D eigenvalue weighted by Gasteiger charge is -2.06. The first kappa shape index (κ1) is 12.7. The first-order valence-corrected chi connectivity index (χ1v) is 6.11. The highest BCUT2D eigenvalue weighted by Crippen LogP contribution is 2.44. The third-order valence-electron chi connectivity index (χ3n) is 0.892. The molecule has 0 spiro atoms. The molecule has 13 heavy (non-hydrogen) atoms. The maximum atomic E-state index is 11.4. The van der Waals surface area contributed by atoms with Crippen molar-refractivity contribution in [1.82, 2.24) is 0 Å². The van der Waals surface area contributed by atoms with Crippen LogP contribution in [0.1, 0.15) is 13.8 Å². The monoisotopic (exact) mass is 210 g/mol. The van der Waals surface area contributed by atoms with Gasteiger partial charge in [-0.05, 0) is 13.8 Å². The summed E-state index contributed by atoms with van der Waals surface area (Å²) in [6.07, 6.45) is 1.17. The van der Waals surface area contributed by atoms with Crippen LogP contribution in [-0.4, -0.2) is 19.9 Å². The Morgan fingerprint density at radius 3 is 2.38 bits per heavy atom. The van der Waals surface area contributed by atoms with E-state index in [1.165, 1.54) is 18.7 Å². The van der Waals surface area contributed by atoms with E-state index in [0.717, 1.165) is 0 Å². The summed E-state index contributed by atoms with van der Waals surface area (Å²) >= 11 is 0. The van der Waals surface area contributed by atoms with Gasteiger partial charge in [0.25, 0.3) is 7.37 Å². The molecule has 1 atom stereocenters. The average molecular weight is 210 g/mol. The van der Waals surface area contributed by atoms with E-state index in [1.807, 2.05) is 0 Å². The maximum absolute atomic E-state index is 11.4. The Balaban J connectivity index is 3.73. The standard InChI is InChI=1S/C7H15O5P/c1-4-9-11-6-7-13(3,8)12-10-5-2/h6-7H,4-5H2,1-3H3/b7-6+. The summed E-state index contributed by atoms with van der Waals surface area (Å²) in [7, 11) is -2.86. The Bertz CT molecular complexity index is 191. The average Bonchev–Trinajstić information content (AvgIpc) is 2.09. The van der Waals surface area contributed by atoms with Crippen LogP contribution in [0.25, 0.3) is 0 Å². The van der Waals surface area contributed by atoms with Crippen LogP contribution in [0, 0.1) is 0 Å². The molecule has 0 bridgehead atoms. The van der Waals surface area contributed by atoms with Crippen molar-refractivity contribution >= 4 is 7.37 Å². The number of hydrogen-bond acceptors (Lipinski definition) is 5. The van der Waals surface area contributed by atoms with Crippen LogP contribution in [0.3, 0.4) is 0 Å². The number of rotatable bonds is 7. The van der Waals surface area contributed by atoms with E-state index in [0.29, 0.717) is 13.2 Å². The molecule has 0 saturated heterocycles. The summed E-state index contributed by atoms with van der Waals surface area (Å²) < 4.78 is 16.0. The second-order valence-electron chi connectivity index (χ2n) is 2.18. The zero-order valence-electron chi connectivity index (χ0n) is 8.06. The molecule has 0 aromatic heterocycles. The number of hydrogen-bond donors (Lipinski definition) is 0. The van der Waals surface area contributed by atoms with Gasteiger partial charge in [0.1, 0.15) is 6.26 Å². The van der Waals surface area contributed by atoms with Crippen molar-refractivity contribution in [3.63, 3.8) is 0 Å². The summed E-state index contributed by atoms with van der Waals surface area (Å²) in [4.78, 5) is 13.6. The minimum atomic E-state index is -2.86. The molecule has 0 aliphatic carbocycles. The molecule has 0 radical (unpaired) electrons. The Kier molecular flexibility index (Phi) is 6.90. The molecule has 5 nitrogen and oxygen atoms in total. The van der Waals surface area contributed by atoms with E-state index in [-0.39, 0.29) is 0 Å². The van der Waals surface area contributed by atoms with Gasteiger partial charge in [-0.25, -0.2) is 4.89 Å². The minimum Gasteiger partial charge on any atom is -0.345 e. The SMILES string of the molecule is CCOO/C=C/P(C)(=O)OOCC. The predicted octanol–water partition coefficient (Wildman–Crippen LogP) is 2.30. The van der Waals surface area contributed by atoms with Crippen molar-refractivity contribution in [3.05, 3.63) is 12.1 Å². The highest BCUT2D eigenvalue weighted by atomic mass is 31.2. The van der Waals surface area contributed by atoms with Crippen LogP contribution < -0.4 is 0 Å². The summed E-state index contributed by atoms with van der Waals surface area (Å²) in [5.41, 5.74) is 0. The first-order valence-electron chi connectivity index (χ1n) is 3.96. The van der Waals surface area contributed by atoms with Gasteiger partial charge < -0.3 is 4.89 Å². The van der Waals surface area contributed by atoms with Gasteiger partial charge in [0.05, 0.1) is 13.2 Å². The van der Waals surface area contributed by atoms with Gasteiger partial charge in [0, 0.05) is 12.5 Å². The normalized spacial score (nSPS) is 15.9. The molecule has 0 N–H and O–H groups in total. The van der Waals surface area contributed by atoms with E-state index in [9.17, 15) is 4.57 Å². The van der Waals surface area contributed by atoms with Crippen molar-refractivity contribution in [2.75, 3.05) is 19.9 Å². The smallest absolute Gasteiger partial charge is 0.256 e. The van der Waals surface area contributed by atoms with Gasteiger partial charge in [0.15, 0.2) is 0 Å². The molecule has 1 unspecified atom stereocenters. The lowest BCUT2D eigenvalue weighted by molar-refractivity contribution is -0.244. The van der Waals surface area contributed by atoms with Crippen LogP contribution in [0.15, 0.2) is 12.1 Å². The molecule has 0 fully saturated rings. The molecule has 78 valence electrons. The Labute approximate surface area is 77.9 Å². The van der Waals surface area contributed by atoms with Crippen LogP contribution in [-0.2, 0) is 23.9 Å². The topological polar surface area (TPSA) is 54.0 Å². The summed E-state index contributed by atoms with van der Waals surface area (Å²) in [5.74, 6) is 1.26. The van der Waals surface area contributed by atoms with E-state index in [1.54, 1.807) is 13.8 Å². The van der Waals surface area contributed by atoms with Crippen LogP contribution in [0.5, 0.6) is 0 Å². The van der Waals surface area contributed by atoms with Crippen molar-refractivity contribution in [2.24, 2.45) is 0 Å². The molecular formula is C7H15O5P. The molecule has 0 rings (SSSR count). The van der Waals surface area contributed by atoms with Gasteiger partial charge in [0.2, 0.25) is 0 Å². The molecule has 0 aliphatic heterocycles. The lowest BCUT2D eigenvalue weighted by atomic mass is 10.9. The second kappa shape index (κ2) is 7.09. The summed E-state index contributed by atoms with van der Waals surface area (Å²) in [6.45, 7) is 5.69. The lowest BCUT2D eigenvalue weighted by Crippen LogP contribution is -1.90. The fraction of sp³-hybridized carbons (Fsp3) is 0.714. The van der Waals surface area contributed by atoms with Gasteiger partial charge in [-0.2, -0.15) is 9.56 Å². The predicted molar refractivity (Wildman–Crippen MR) is 48.1 cm³/mol. The van der Waals surface area contributed by atoms with Gasteiger partial charge in [-0.15, -0.1) is 0 Å².